The minimum absolute atomic E-state index is 0.0456. The molecule has 0 saturated carbocycles. The summed E-state index contributed by atoms with van der Waals surface area (Å²) < 4.78 is 10.6. The standard InChI is InChI=1S/C9H15N3O2/c1-6(2)13-8-10-5-11-9(12-8)14-7(3)4/h5-7H,1-4H3. The molecule has 1 rings (SSSR count). The normalized spacial score (nSPS) is 10.7. The minimum atomic E-state index is 0.0456. The molecule has 1 heterocycles. The summed E-state index contributed by atoms with van der Waals surface area (Å²) in [7, 11) is 0. The second-order valence-corrected chi connectivity index (χ2v) is 3.38. The predicted molar refractivity (Wildman–Crippen MR) is 51.4 cm³/mol. The minimum Gasteiger partial charge on any atom is -0.461 e. The van der Waals surface area contributed by atoms with Crippen molar-refractivity contribution in [1.29, 1.82) is 0 Å². The second kappa shape index (κ2) is 4.74. The Balaban J connectivity index is 2.68. The highest BCUT2D eigenvalue weighted by Crippen LogP contribution is 2.09. The van der Waals surface area contributed by atoms with E-state index in [2.05, 4.69) is 15.0 Å². The van der Waals surface area contributed by atoms with Crippen LogP contribution in [0.25, 0.3) is 0 Å². The average molecular weight is 197 g/mol. The number of ether oxygens (including phenoxy) is 2. The molecule has 0 atom stereocenters. The Bertz CT molecular complexity index is 264. The van der Waals surface area contributed by atoms with E-state index in [1.807, 2.05) is 27.7 Å². The van der Waals surface area contributed by atoms with Gasteiger partial charge >= 0.3 is 12.0 Å². The zero-order valence-electron chi connectivity index (χ0n) is 8.89. The van der Waals surface area contributed by atoms with E-state index < -0.39 is 0 Å². The van der Waals surface area contributed by atoms with Crippen LogP contribution in [-0.2, 0) is 0 Å². The van der Waals surface area contributed by atoms with Crippen molar-refractivity contribution >= 4 is 0 Å². The van der Waals surface area contributed by atoms with Gasteiger partial charge < -0.3 is 9.47 Å². The van der Waals surface area contributed by atoms with Gasteiger partial charge in [-0.05, 0) is 27.7 Å². The highest BCUT2D eigenvalue weighted by atomic mass is 16.5. The lowest BCUT2D eigenvalue weighted by molar-refractivity contribution is 0.196. The lowest BCUT2D eigenvalue weighted by Crippen LogP contribution is -2.12. The first kappa shape index (κ1) is 10.7. The van der Waals surface area contributed by atoms with Crippen LogP contribution in [0.1, 0.15) is 27.7 Å². The highest BCUT2D eigenvalue weighted by molar-refractivity contribution is 5.00. The van der Waals surface area contributed by atoms with Crippen LogP contribution in [0, 0.1) is 0 Å². The Morgan fingerprint density at radius 3 is 1.71 bits per heavy atom. The smallest absolute Gasteiger partial charge is 0.322 e. The van der Waals surface area contributed by atoms with Gasteiger partial charge in [0.25, 0.3) is 0 Å². The zero-order chi connectivity index (χ0) is 10.6. The molecular weight excluding hydrogens is 182 g/mol. The van der Waals surface area contributed by atoms with Gasteiger partial charge in [0.15, 0.2) is 0 Å². The molecule has 78 valence electrons. The van der Waals surface area contributed by atoms with Gasteiger partial charge in [-0.1, -0.05) is 0 Å². The molecule has 5 nitrogen and oxygen atoms in total. The topological polar surface area (TPSA) is 57.1 Å². The van der Waals surface area contributed by atoms with E-state index >= 15 is 0 Å². The molecule has 0 spiro atoms. The Labute approximate surface area is 83.5 Å². The van der Waals surface area contributed by atoms with Crippen LogP contribution in [0.4, 0.5) is 0 Å². The van der Waals surface area contributed by atoms with Crippen LogP contribution >= 0.6 is 0 Å². The van der Waals surface area contributed by atoms with Crippen molar-refractivity contribution in [3.63, 3.8) is 0 Å². The van der Waals surface area contributed by atoms with E-state index in [0.29, 0.717) is 12.0 Å². The van der Waals surface area contributed by atoms with Crippen molar-refractivity contribution in [2.75, 3.05) is 0 Å². The highest BCUT2D eigenvalue weighted by Gasteiger charge is 2.05. The Kier molecular flexibility index (Phi) is 3.62. The van der Waals surface area contributed by atoms with Crippen LogP contribution < -0.4 is 9.47 Å². The fourth-order valence-corrected chi connectivity index (χ4v) is 0.802. The van der Waals surface area contributed by atoms with Crippen LogP contribution in [0.3, 0.4) is 0 Å². The van der Waals surface area contributed by atoms with Crippen molar-refractivity contribution < 1.29 is 9.47 Å². The molecule has 0 aromatic carbocycles. The van der Waals surface area contributed by atoms with Crippen LogP contribution in [0.2, 0.25) is 0 Å². The quantitative estimate of drug-likeness (QED) is 0.731. The van der Waals surface area contributed by atoms with Crippen molar-refractivity contribution in [1.82, 2.24) is 15.0 Å². The molecule has 0 unspecified atom stereocenters. The van der Waals surface area contributed by atoms with Gasteiger partial charge in [0.1, 0.15) is 6.33 Å². The van der Waals surface area contributed by atoms with Gasteiger partial charge in [0, 0.05) is 0 Å². The lowest BCUT2D eigenvalue weighted by Gasteiger charge is -2.09. The fourth-order valence-electron chi connectivity index (χ4n) is 0.802. The first-order chi connectivity index (χ1) is 6.58. The van der Waals surface area contributed by atoms with Gasteiger partial charge in [-0.2, -0.15) is 9.97 Å². The maximum atomic E-state index is 5.29. The van der Waals surface area contributed by atoms with Gasteiger partial charge in [-0.3, -0.25) is 0 Å². The third-order valence-electron chi connectivity index (χ3n) is 1.21. The Morgan fingerprint density at radius 1 is 0.929 bits per heavy atom. The molecule has 0 aliphatic rings. The van der Waals surface area contributed by atoms with E-state index in [4.69, 9.17) is 9.47 Å². The number of hydrogen-bond acceptors (Lipinski definition) is 5. The summed E-state index contributed by atoms with van der Waals surface area (Å²) in [5.74, 6) is 0. The molecule has 0 fully saturated rings. The molecule has 14 heavy (non-hydrogen) atoms. The van der Waals surface area contributed by atoms with Crippen molar-refractivity contribution in [3.05, 3.63) is 6.33 Å². The number of nitrogens with zero attached hydrogens (tertiary/aromatic N) is 3. The van der Waals surface area contributed by atoms with Gasteiger partial charge in [-0.15, -0.1) is 4.98 Å². The maximum Gasteiger partial charge on any atom is 0.322 e. The fraction of sp³-hybridized carbons (Fsp3) is 0.667. The molecule has 0 radical (unpaired) electrons. The van der Waals surface area contributed by atoms with E-state index in [9.17, 15) is 0 Å². The number of aromatic nitrogens is 3. The summed E-state index contributed by atoms with van der Waals surface area (Å²) in [6, 6.07) is 0.594. The lowest BCUT2D eigenvalue weighted by atomic mass is 10.5. The van der Waals surface area contributed by atoms with Crippen molar-refractivity contribution in [3.8, 4) is 12.0 Å². The molecular formula is C9H15N3O2. The average Bonchev–Trinajstić information content (AvgIpc) is 2.01. The SMILES string of the molecule is CC(C)Oc1ncnc(OC(C)C)n1. The van der Waals surface area contributed by atoms with Gasteiger partial charge in [-0.25, -0.2) is 0 Å². The van der Waals surface area contributed by atoms with Crippen molar-refractivity contribution in [2.24, 2.45) is 0 Å². The molecule has 0 bridgehead atoms. The molecule has 1 aromatic heterocycles. The summed E-state index contributed by atoms with van der Waals surface area (Å²) >= 11 is 0. The zero-order valence-corrected chi connectivity index (χ0v) is 8.89. The first-order valence-corrected chi connectivity index (χ1v) is 4.60. The molecule has 0 aliphatic heterocycles. The molecule has 0 amide bonds. The molecule has 0 saturated heterocycles. The molecule has 1 aromatic rings. The predicted octanol–water partition coefficient (Wildman–Crippen LogP) is 1.45. The Hall–Kier alpha value is -1.39. The number of rotatable bonds is 4. The second-order valence-electron chi connectivity index (χ2n) is 3.38. The van der Waals surface area contributed by atoms with E-state index in [1.165, 1.54) is 6.33 Å². The Morgan fingerprint density at radius 2 is 1.36 bits per heavy atom. The molecule has 0 N–H and O–H groups in total. The third kappa shape index (κ3) is 3.55. The van der Waals surface area contributed by atoms with Crippen molar-refractivity contribution in [2.45, 2.75) is 39.9 Å². The van der Waals surface area contributed by atoms with E-state index in [1.54, 1.807) is 0 Å². The summed E-state index contributed by atoms with van der Waals surface area (Å²) in [6.07, 6.45) is 1.47. The largest absolute Gasteiger partial charge is 0.461 e. The van der Waals surface area contributed by atoms with Crippen LogP contribution in [-0.4, -0.2) is 27.2 Å². The van der Waals surface area contributed by atoms with Gasteiger partial charge in [0.05, 0.1) is 12.2 Å². The summed E-state index contributed by atoms with van der Waals surface area (Å²) in [4.78, 5) is 11.7. The van der Waals surface area contributed by atoms with Crippen LogP contribution in [0.15, 0.2) is 6.33 Å². The molecule has 5 heteroatoms. The van der Waals surface area contributed by atoms with Gasteiger partial charge in [0.2, 0.25) is 0 Å². The van der Waals surface area contributed by atoms with Crippen LogP contribution in [0.5, 0.6) is 12.0 Å². The monoisotopic (exact) mass is 197 g/mol. The summed E-state index contributed by atoms with van der Waals surface area (Å²) in [5.41, 5.74) is 0. The summed E-state index contributed by atoms with van der Waals surface area (Å²) in [5, 5.41) is 0. The first-order valence-electron chi connectivity index (χ1n) is 4.60. The maximum absolute atomic E-state index is 5.29. The van der Waals surface area contributed by atoms with E-state index in [0.717, 1.165) is 0 Å². The number of hydrogen-bond donors (Lipinski definition) is 0. The third-order valence-corrected chi connectivity index (χ3v) is 1.21. The molecule has 0 aliphatic carbocycles. The van der Waals surface area contributed by atoms with E-state index in [-0.39, 0.29) is 12.2 Å². The summed E-state index contributed by atoms with van der Waals surface area (Å²) in [6.45, 7) is 7.64.